The molecule has 164 valence electrons. The predicted octanol–water partition coefficient (Wildman–Crippen LogP) is 3.51. The number of ketones is 1. The van der Waals surface area contributed by atoms with E-state index in [0.29, 0.717) is 55.8 Å². The molecule has 0 aromatic heterocycles. The third-order valence-electron chi connectivity index (χ3n) is 5.24. The molecule has 8 heteroatoms. The zero-order chi connectivity index (χ0) is 22.4. The Morgan fingerprint density at radius 1 is 1.10 bits per heavy atom. The normalized spacial score (nSPS) is 14.0. The summed E-state index contributed by atoms with van der Waals surface area (Å²) in [6, 6.07) is 12.6. The fourth-order valence-electron chi connectivity index (χ4n) is 3.57. The number of amides is 1. The molecule has 2 aromatic rings. The van der Waals surface area contributed by atoms with Crippen molar-refractivity contribution in [2.75, 3.05) is 33.9 Å². The van der Waals surface area contributed by atoms with Crippen LogP contribution in [0.1, 0.15) is 39.1 Å². The van der Waals surface area contributed by atoms with E-state index in [9.17, 15) is 14.4 Å². The van der Waals surface area contributed by atoms with Gasteiger partial charge in [-0.15, -0.1) is 0 Å². The standard InChI is InChI=1S/C23H25BrN2O5/c1-30-21-14-16(6-7-19(21)23(29)31-2)8-13-26-22(28)10-12-25(26)11-9-20(27)17-4-3-5-18(24)15-17/h3-7,14-15H,8-13H2,1-2H3. The molecule has 0 atom stereocenters. The monoisotopic (exact) mass is 488 g/mol. The van der Waals surface area contributed by atoms with Crippen LogP contribution in [-0.4, -0.2) is 61.5 Å². The molecule has 1 amide bonds. The molecule has 0 N–H and O–H groups in total. The second-order valence-corrected chi connectivity index (χ2v) is 8.10. The van der Waals surface area contributed by atoms with Crippen molar-refractivity contribution in [1.82, 2.24) is 10.0 Å². The Bertz CT molecular complexity index is 978. The van der Waals surface area contributed by atoms with E-state index in [-0.39, 0.29) is 11.7 Å². The molecule has 0 saturated carbocycles. The van der Waals surface area contributed by atoms with E-state index in [1.165, 1.54) is 14.2 Å². The summed E-state index contributed by atoms with van der Waals surface area (Å²) in [5.74, 6) is 0.0739. The van der Waals surface area contributed by atoms with E-state index >= 15 is 0 Å². The summed E-state index contributed by atoms with van der Waals surface area (Å²) in [6.07, 6.45) is 1.37. The van der Waals surface area contributed by atoms with Crippen LogP contribution in [-0.2, 0) is 16.0 Å². The van der Waals surface area contributed by atoms with E-state index in [0.717, 1.165) is 10.0 Å². The van der Waals surface area contributed by atoms with Crippen molar-refractivity contribution in [3.8, 4) is 5.75 Å². The smallest absolute Gasteiger partial charge is 0.341 e. The van der Waals surface area contributed by atoms with Crippen molar-refractivity contribution in [3.63, 3.8) is 0 Å². The molecule has 0 bridgehead atoms. The zero-order valence-electron chi connectivity index (χ0n) is 17.6. The third-order valence-corrected chi connectivity index (χ3v) is 5.73. The van der Waals surface area contributed by atoms with Crippen LogP contribution in [0, 0.1) is 0 Å². The maximum Gasteiger partial charge on any atom is 0.341 e. The molecule has 31 heavy (non-hydrogen) atoms. The summed E-state index contributed by atoms with van der Waals surface area (Å²) in [7, 11) is 2.82. The van der Waals surface area contributed by atoms with Gasteiger partial charge in [-0.3, -0.25) is 14.6 Å². The summed E-state index contributed by atoms with van der Waals surface area (Å²) >= 11 is 3.38. The number of hydrogen-bond donors (Lipinski definition) is 0. The van der Waals surface area contributed by atoms with E-state index in [1.807, 2.05) is 23.2 Å². The highest BCUT2D eigenvalue weighted by molar-refractivity contribution is 9.10. The molecule has 1 saturated heterocycles. The number of hydrogen-bond acceptors (Lipinski definition) is 6. The van der Waals surface area contributed by atoms with Gasteiger partial charge in [-0.1, -0.05) is 34.1 Å². The van der Waals surface area contributed by atoms with Crippen LogP contribution >= 0.6 is 15.9 Å². The molecule has 1 fully saturated rings. The Morgan fingerprint density at radius 2 is 1.90 bits per heavy atom. The molecule has 0 unspecified atom stereocenters. The first-order valence-corrected chi connectivity index (χ1v) is 10.8. The Labute approximate surface area is 190 Å². The number of halogens is 1. The summed E-state index contributed by atoms with van der Waals surface area (Å²) in [5, 5.41) is 3.66. The predicted molar refractivity (Wildman–Crippen MR) is 119 cm³/mol. The van der Waals surface area contributed by atoms with Gasteiger partial charge in [-0.2, -0.15) is 0 Å². The minimum Gasteiger partial charge on any atom is -0.496 e. The van der Waals surface area contributed by atoms with E-state index < -0.39 is 5.97 Å². The number of nitrogens with zero attached hydrogens (tertiary/aromatic N) is 2. The summed E-state index contributed by atoms with van der Waals surface area (Å²) in [5.41, 5.74) is 1.96. The zero-order valence-corrected chi connectivity index (χ0v) is 19.2. The lowest BCUT2D eigenvalue weighted by Gasteiger charge is -2.28. The van der Waals surface area contributed by atoms with Gasteiger partial charge in [0.15, 0.2) is 5.78 Å². The van der Waals surface area contributed by atoms with E-state index in [2.05, 4.69) is 15.9 Å². The first kappa shape index (κ1) is 23.0. The Hall–Kier alpha value is -2.71. The average Bonchev–Trinajstić information content (AvgIpc) is 3.14. The highest BCUT2D eigenvalue weighted by Gasteiger charge is 2.28. The average molecular weight is 489 g/mol. The maximum absolute atomic E-state index is 12.5. The number of carbonyl (C=O) groups is 3. The molecule has 1 aliphatic rings. The van der Waals surface area contributed by atoms with Gasteiger partial charge in [0.2, 0.25) is 5.91 Å². The van der Waals surface area contributed by atoms with Gasteiger partial charge in [0.05, 0.1) is 14.2 Å². The lowest BCUT2D eigenvalue weighted by atomic mass is 10.1. The molecule has 0 aliphatic carbocycles. The minimum atomic E-state index is -0.459. The van der Waals surface area contributed by atoms with Gasteiger partial charge in [-0.05, 0) is 36.2 Å². The second kappa shape index (κ2) is 10.5. The topological polar surface area (TPSA) is 76.2 Å². The molecule has 0 spiro atoms. The first-order chi connectivity index (χ1) is 14.9. The second-order valence-electron chi connectivity index (χ2n) is 7.18. The first-order valence-electron chi connectivity index (χ1n) is 10.0. The van der Waals surface area contributed by atoms with Crippen LogP contribution < -0.4 is 4.74 Å². The SMILES string of the molecule is COC(=O)c1ccc(CCN2C(=O)CCN2CCC(=O)c2cccc(Br)c2)cc1OC. The largest absolute Gasteiger partial charge is 0.496 e. The summed E-state index contributed by atoms with van der Waals surface area (Å²) < 4.78 is 10.9. The van der Waals surface area contributed by atoms with Crippen molar-refractivity contribution < 1.29 is 23.9 Å². The Morgan fingerprint density at radius 3 is 2.61 bits per heavy atom. The Balaban J connectivity index is 1.60. The fourth-order valence-corrected chi connectivity index (χ4v) is 3.97. The van der Waals surface area contributed by atoms with Crippen LogP contribution in [0.4, 0.5) is 0 Å². The highest BCUT2D eigenvalue weighted by atomic mass is 79.9. The van der Waals surface area contributed by atoms with Crippen LogP contribution in [0.3, 0.4) is 0 Å². The van der Waals surface area contributed by atoms with Crippen molar-refractivity contribution in [1.29, 1.82) is 0 Å². The van der Waals surface area contributed by atoms with Gasteiger partial charge >= 0.3 is 5.97 Å². The molecule has 7 nitrogen and oxygen atoms in total. The quantitative estimate of drug-likeness (QED) is 0.397. The van der Waals surface area contributed by atoms with Crippen LogP contribution in [0.5, 0.6) is 5.75 Å². The summed E-state index contributed by atoms with van der Waals surface area (Å²) in [4.78, 5) is 36.7. The van der Waals surface area contributed by atoms with E-state index in [4.69, 9.17) is 9.47 Å². The van der Waals surface area contributed by atoms with Crippen molar-refractivity contribution >= 4 is 33.6 Å². The molecule has 1 aliphatic heterocycles. The number of rotatable bonds is 9. The highest BCUT2D eigenvalue weighted by Crippen LogP contribution is 2.22. The van der Waals surface area contributed by atoms with Gasteiger partial charge in [0.1, 0.15) is 11.3 Å². The summed E-state index contributed by atoms with van der Waals surface area (Å²) in [6.45, 7) is 1.58. The molecular weight excluding hydrogens is 464 g/mol. The number of hydrazine groups is 1. The maximum atomic E-state index is 12.5. The van der Waals surface area contributed by atoms with Gasteiger partial charge in [0, 0.05) is 42.5 Å². The number of Topliss-reactive ketones (excluding diaryl/α,β-unsaturated/α-hetero) is 1. The number of esters is 1. The lowest BCUT2D eigenvalue weighted by Crippen LogP contribution is -2.41. The number of benzene rings is 2. The molecule has 1 heterocycles. The van der Waals surface area contributed by atoms with Crippen molar-refractivity contribution in [2.45, 2.75) is 19.3 Å². The Kier molecular flexibility index (Phi) is 7.81. The van der Waals surface area contributed by atoms with Gasteiger partial charge < -0.3 is 9.47 Å². The molecular formula is C23H25BrN2O5. The lowest BCUT2D eigenvalue weighted by molar-refractivity contribution is -0.137. The van der Waals surface area contributed by atoms with Crippen molar-refractivity contribution in [2.24, 2.45) is 0 Å². The third kappa shape index (κ3) is 5.71. The molecule has 0 radical (unpaired) electrons. The van der Waals surface area contributed by atoms with Gasteiger partial charge in [-0.25, -0.2) is 9.80 Å². The minimum absolute atomic E-state index is 0.0451. The molecule has 2 aromatic carbocycles. The van der Waals surface area contributed by atoms with Crippen LogP contribution in [0.2, 0.25) is 0 Å². The van der Waals surface area contributed by atoms with Gasteiger partial charge in [0.25, 0.3) is 0 Å². The molecule has 3 rings (SSSR count). The number of ether oxygens (including phenoxy) is 2. The number of carbonyl (C=O) groups excluding carboxylic acids is 3. The number of methoxy groups -OCH3 is 2. The van der Waals surface area contributed by atoms with Crippen LogP contribution in [0.15, 0.2) is 46.9 Å². The fraction of sp³-hybridized carbons (Fsp3) is 0.348. The van der Waals surface area contributed by atoms with Crippen LogP contribution in [0.25, 0.3) is 0 Å². The van der Waals surface area contributed by atoms with Crippen molar-refractivity contribution in [3.05, 3.63) is 63.6 Å². The van der Waals surface area contributed by atoms with E-state index in [1.54, 1.807) is 29.3 Å².